The molecule has 1 N–H and O–H groups in total. The number of aryl methyl sites for hydroxylation is 2. The van der Waals surface area contributed by atoms with Crippen LogP contribution in [0.3, 0.4) is 0 Å². The van der Waals surface area contributed by atoms with Crippen molar-refractivity contribution in [3.05, 3.63) is 17.5 Å². The Hall–Kier alpha value is -0.830. The molecule has 1 aliphatic carbocycles. The molecule has 0 bridgehead atoms. The number of aromatic nitrogens is 2. The van der Waals surface area contributed by atoms with Crippen molar-refractivity contribution < 1.29 is 0 Å². The van der Waals surface area contributed by atoms with E-state index in [2.05, 4.69) is 41.9 Å². The molecule has 17 heavy (non-hydrogen) atoms. The van der Waals surface area contributed by atoms with Crippen LogP contribution in [0.25, 0.3) is 0 Å². The van der Waals surface area contributed by atoms with E-state index in [1.54, 1.807) is 0 Å². The lowest BCUT2D eigenvalue weighted by atomic mass is 10.1. The molecule has 0 saturated heterocycles. The summed E-state index contributed by atoms with van der Waals surface area (Å²) in [5.41, 5.74) is 2.60. The number of hydrogen-bond donors (Lipinski definition) is 1. The van der Waals surface area contributed by atoms with Gasteiger partial charge < -0.3 is 5.32 Å². The van der Waals surface area contributed by atoms with Crippen LogP contribution in [0.15, 0.2) is 6.07 Å². The van der Waals surface area contributed by atoms with E-state index in [1.165, 1.54) is 24.2 Å². The molecule has 3 nitrogen and oxygen atoms in total. The lowest BCUT2D eigenvalue weighted by Gasteiger charge is -2.14. The Balaban J connectivity index is 1.88. The normalized spacial score (nSPS) is 17.4. The molecule has 0 amide bonds. The van der Waals surface area contributed by atoms with Crippen molar-refractivity contribution in [3.8, 4) is 0 Å². The molecule has 96 valence electrons. The number of hydrogen-bond acceptors (Lipinski definition) is 2. The van der Waals surface area contributed by atoms with Gasteiger partial charge in [0.1, 0.15) is 0 Å². The van der Waals surface area contributed by atoms with E-state index in [1.807, 2.05) is 0 Å². The minimum Gasteiger partial charge on any atom is -0.314 e. The lowest BCUT2D eigenvalue weighted by Crippen LogP contribution is -2.26. The van der Waals surface area contributed by atoms with Gasteiger partial charge in [-0.25, -0.2) is 0 Å². The smallest absolute Gasteiger partial charge is 0.0624 e. The fourth-order valence-electron chi connectivity index (χ4n) is 2.15. The molecular formula is C14H25N3. The van der Waals surface area contributed by atoms with Crippen LogP contribution in [0, 0.1) is 5.92 Å². The van der Waals surface area contributed by atoms with Gasteiger partial charge in [0.25, 0.3) is 0 Å². The van der Waals surface area contributed by atoms with Crippen molar-refractivity contribution >= 4 is 0 Å². The zero-order valence-electron chi connectivity index (χ0n) is 11.4. The maximum absolute atomic E-state index is 4.67. The third kappa shape index (κ3) is 3.56. The predicted octanol–water partition coefficient (Wildman–Crippen LogP) is 2.40. The van der Waals surface area contributed by atoms with Crippen LogP contribution in [-0.2, 0) is 19.4 Å². The van der Waals surface area contributed by atoms with Gasteiger partial charge in [-0.15, -0.1) is 0 Å². The Morgan fingerprint density at radius 2 is 2.18 bits per heavy atom. The lowest BCUT2D eigenvalue weighted by molar-refractivity contribution is 0.412. The second-order valence-electron chi connectivity index (χ2n) is 5.30. The maximum Gasteiger partial charge on any atom is 0.0624 e. The van der Waals surface area contributed by atoms with Crippen LogP contribution < -0.4 is 5.32 Å². The largest absolute Gasteiger partial charge is 0.314 e. The van der Waals surface area contributed by atoms with Gasteiger partial charge in [0, 0.05) is 18.3 Å². The first-order valence-electron chi connectivity index (χ1n) is 7.01. The second-order valence-corrected chi connectivity index (χ2v) is 5.30. The zero-order chi connectivity index (χ0) is 12.3. The SMILES string of the molecule is CCc1cc(CC)n(CC(C)CNC2CC2)n1. The highest BCUT2D eigenvalue weighted by Gasteiger charge is 2.21. The third-order valence-corrected chi connectivity index (χ3v) is 3.46. The van der Waals surface area contributed by atoms with E-state index < -0.39 is 0 Å². The molecule has 0 spiro atoms. The van der Waals surface area contributed by atoms with Crippen molar-refractivity contribution in [2.75, 3.05) is 6.54 Å². The summed E-state index contributed by atoms with van der Waals surface area (Å²) >= 11 is 0. The van der Waals surface area contributed by atoms with Gasteiger partial charge in [-0.3, -0.25) is 4.68 Å². The van der Waals surface area contributed by atoms with E-state index in [0.717, 1.165) is 32.0 Å². The highest BCUT2D eigenvalue weighted by Crippen LogP contribution is 2.19. The van der Waals surface area contributed by atoms with E-state index in [9.17, 15) is 0 Å². The van der Waals surface area contributed by atoms with Crippen LogP contribution in [0.5, 0.6) is 0 Å². The van der Waals surface area contributed by atoms with Crippen molar-refractivity contribution in [3.63, 3.8) is 0 Å². The van der Waals surface area contributed by atoms with E-state index in [-0.39, 0.29) is 0 Å². The highest BCUT2D eigenvalue weighted by molar-refractivity contribution is 5.10. The first-order chi connectivity index (χ1) is 8.22. The Morgan fingerprint density at radius 3 is 2.76 bits per heavy atom. The molecule has 1 saturated carbocycles. The first kappa shape index (κ1) is 12.6. The third-order valence-electron chi connectivity index (χ3n) is 3.46. The summed E-state index contributed by atoms with van der Waals surface area (Å²) in [6.07, 6.45) is 4.86. The van der Waals surface area contributed by atoms with Gasteiger partial charge in [0.05, 0.1) is 5.69 Å². The van der Waals surface area contributed by atoms with Crippen LogP contribution in [0.1, 0.15) is 45.0 Å². The molecule has 1 atom stereocenters. The quantitative estimate of drug-likeness (QED) is 0.786. The second kappa shape index (κ2) is 5.67. The summed E-state index contributed by atoms with van der Waals surface area (Å²) in [5.74, 6) is 0.658. The Morgan fingerprint density at radius 1 is 1.41 bits per heavy atom. The van der Waals surface area contributed by atoms with Crippen molar-refractivity contribution in [2.24, 2.45) is 5.92 Å². The van der Waals surface area contributed by atoms with Crippen molar-refractivity contribution in [1.29, 1.82) is 0 Å². The fraction of sp³-hybridized carbons (Fsp3) is 0.786. The van der Waals surface area contributed by atoms with Crippen LogP contribution >= 0.6 is 0 Å². The van der Waals surface area contributed by atoms with Crippen LogP contribution in [-0.4, -0.2) is 22.4 Å². The molecule has 1 aromatic rings. The molecule has 1 unspecified atom stereocenters. The average molecular weight is 235 g/mol. The van der Waals surface area contributed by atoms with E-state index in [4.69, 9.17) is 0 Å². The van der Waals surface area contributed by atoms with Gasteiger partial charge in [-0.05, 0) is 44.2 Å². The Kier molecular flexibility index (Phi) is 4.21. The highest BCUT2D eigenvalue weighted by atomic mass is 15.3. The standard InChI is InChI=1S/C14H25N3/c1-4-12-8-14(5-2)17(16-12)10-11(3)9-15-13-6-7-13/h8,11,13,15H,4-7,9-10H2,1-3H3. The number of nitrogens with zero attached hydrogens (tertiary/aromatic N) is 2. The van der Waals surface area contributed by atoms with Gasteiger partial charge >= 0.3 is 0 Å². The van der Waals surface area contributed by atoms with E-state index in [0.29, 0.717) is 5.92 Å². The molecule has 3 heteroatoms. The molecule has 0 radical (unpaired) electrons. The summed E-state index contributed by atoms with van der Waals surface area (Å²) in [6.45, 7) is 8.85. The molecule has 1 aliphatic rings. The first-order valence-corrected chi connectivity index (χ1v) is 7.01. The molecule has 2 rings (SSSR count). The average Bonchev–Trinajstić information content (AvgIpc) is 3.08. The number of rotatable bonds is 7. The molecule has 0 aromatic carbocycles. The minimum atomic E-state index is 0.658. The molecule has 1 heterocycles. The predicted molar refractivity (Wildman–Crippen MR) is 71.2 cm³/mol. The van der Waals surface area contributed by atoms with Gasteiger partial charge in [0.15, 0.2) is 0 Å². The molecule has 1 aromatic heterocycles. The molecule has 1 fully saturated rings. The van der Waals surface area contributed by atoms with Crippen LogP contribution in [0.2, 0.25) is 0 Å². The minimum absolute atomic E-state index is 0.658. The van der Waals surface area contributed by atoms with Gasteiger partial charge in [0.2, 0.25) is 0 Å². The van der Waals surface area contributed by atoms with Gasteiger partial charge in [-0.1, -0.05) is 20.8 Å². The Bertz CT molecular complexity index is 352. The Labute approximate surface area is 105 Å². The molecular weight excluding hydrogens is 210 g/mol. The monoisotopic (exact) mass is 235 g/mol. The topological polar surface area (TPSA) is 29.9 Å². The zero-order valence-corrected chi connectivity index (χ0v) is 11.4. The van der Waals surface area contributed by atoms with Crippen LogP contribution in [0.4, 0.5) is 0 Å². The summed E-state index contributed by atoms with van der Waals surface area (Å²) in [5, 5.41) is 8.26. The number of nitrogens with one attached hydrogen (secondary N) is 1. The van der Waals surface area contributed by atoms with Gasteiger partial charge in [-0.2, -0.15) is 5.10 Å². The summed E-state index contributed by atoms with van der Waals surface area (Å²) in [6, 6.07) is 3.06. The summed E-state index contributed by atoms with van der Waals surface area (Å²) in [7, 11) is 0. The van der Waals surface area contributed by atoms with E-state index >= 15 is 0 Å². The van der Waals surface area contributed by atoms with Crippen molar-refractivity contribution in [2.45, 2.75) is 59.0 Å². The summed E-state index contributed by atoms with van der Waals surface area (Å²) in [4.78, 5) is 0. The fourth-order valence-corrected chi connectivity index (χ4v) is 2.15. The summed E-state index contributed by atoms with van der Waals surface area (Å²) < 4.78 is 2.21. The van der Waals surface area contributed by atoms with Crippen molar-refractivity contribution in [1.82, 2.24) is 15.1 Å². The molecule has 0 aliphatic heterocycles. The maximum atomic E-state index is 4.67.